The predicted octanol–water partition coefficient (Wildman–Crippen LogP) is 5.29. The number of carbonyl (C=O) groups is 1. The minimum atomic E-state index is 0.122. The van der Waals surface area contributed by atoms with Crippen molar-refractivity contribution in [3.05, 3.63) is 16.0 Å². The Kier molecular flexibility index (Phi) is 5.01. The van der Waals surface area contributed by atoms with Gasteiger partial charge in [-0.25, -0.2) is 0 Å². The Bertz CT molecular complexity index is 656. The normalized spacial score (nSPS) is 21.8. The predicted molar refractivity (Wildman–Crippen MR) is 99.2 cm³/mol. The molecule has 1 unspecified atom stereocenters. The smallest absolute Gasteiger partial charge is 0.228 e. The van der Waals surface area contributed by atoms with E-state index in [-0.39, 0.29) is 11.8 Å². The Morgan fingerprint density at radius 3 is 2.54 bits per heavy atom. The topological polar surface area (TPSA) is 52.9 Å². The van der Waals surface area contributed by atoms with Crippen molar-refractivity contribution in [2.24, 2.45) is 17.3 Å². The number of carbonyl (C=O) groups excluding carboxylic acids is 1. The van der Waals surface area contributed by atoms with Gasteiger partial charge in [0.2, 0.25) is 5.91 Å². The Labute approximate surface area is 149 Å². The Morgan fingerprint density at radius 1 is 1.21 bits per heavy atom. The standard InChI is InChI=1S/C20H28N2OS/c1-20(2,3)14-9-10-15-16(12-21)19(24-17(15)11-14)22-18(23)13-7-5-4-6-8-13/h13-14H,4-11H2,1-3H3,(H,22,23). The maximum absolute atomic E-state index is 12.6. The third-order valence-electron chi connectivity index (χ3n) is 5.81. The van der Waals surface area contributed by atoms with Crippen LogP contribution < -0.4 is 5.32 Å². The number of nitrogens with zero attached hydrogens (tertiary/aromatic N) is 1. The van der Waals surface area contributed by atoms with Crippen molar-refractivity contribution in [1.29, 1.82) is 5.26 Å². The van der Waals surface area contributed by atoms with Crippen LogP contribution in [0.3, 0.4) is 0 Å². The van der Waals surface area contributed by atoms with Crippen molar-refractivity contribution >= 4 is 22.2 Å². The Balaban J connectivity index is 1.79. The summed E-state index contributed by atoms with van der Waals surface area (Å²) in [6, 6.07) is 2.36. The second-order valence-corrected chi connectivity index (χ2v) is 9.55. The van der Waals surface area contributed by atoms with Crippen molar-refractivity contribution in [3.8, 4) is 6.07 Å². The molecule has 24 heavy (non-hydrogen) atoms. The Morgan fingerprint density at radius 2 is 1.92 bits per heavy atom. The van der Waals surface area contributed by atoms with Crippen molar-refractivity contribution in [2.75, 3.05) is 5.32 Å². The van der Waals surface area contributed by atoms with E-state index in [1.54, 1.807) is 11.3 Å². The quantitative estimate of drug-likeness (QED) is 0.792. The number of hydrogen-bond acceptors (Lipinski definition) is 3. The van der Waals surface area contributed by atoms with Gasteiger partial charge >= 0.3 is 0 Å². The zero-order valence-electron chi connectivity index (χ0n) is 15.1. The molecule has 2 aliphatic rings. The molecule has 3 rings (SSSR count). The number of thiophene rings is 1. The molecule has 1 aromatic heterocycles. The summed E-state index contributed by atoms with van der Waals surface area (Å²) in [5.41, 5.74) is 2.22. The molecule has 1 heterocycles. The lowest BCUT2D eigenvalue weighted by molar-refractivity contribution is -0.120. The van der Waals surface area contributed by atoms with E-state index < -0.39 is 0 Å². The fourth-order valence-electron chi connectivity index (χ4n) is 4.11. The van der Waals surface area contributed by atoms with E-state index in [4.69, 9.17) is 0 Å². The highest BCUT2D eigenvalue weighted by Gasteiger charge is 2.33. The second kappa shape index (κ2) is 6.88. The average molecular weight is 345 g/mol. The molecular weight excluding hydrogens is 316 g/mol. The molecule has 130 valence electrons. The molecular formula is C20H28N2OS. The largest absolute Gasteiger partial charge is 0.316 e. The summed E-state index contributed by atoms with van der Waals surface area (Å²) in [6.07, 6.45) is 8.67. The minimum absolute atomic E-state index is 0.122. The molecule has 1 aromatic rings. The molecule has 0 aliphatic heterocycles. The van der Waals surface area contributed by atoms with Crippen molar-refractivity contribution < 1.29 is 4.79 Å². The van der Waals surface area contributed by atoms with Crippen LogP contribution in [0.5, 0.6) is 0 Å². The third-order valence-corrected chi connectivity index (χ3v) is 6.98. The minimum Gasteiger partial charge on any atom is -0.316 e. The zero-order valence-corrected chi connectivity index (χ0v) is 15.9. The molecule has 4 heteroatoms. The number of hydrogen-bond donors (Lipinski definition) is 1. The molecule has 0 aromatic carbocycles. The van der Waals surface area contributed by atoms with Crippen molar-refractivity contribution in [1.82, 2.24) is 0 Å². The highest BCUT2D eigenvalue weighted by molar-refractivity contribution is 7.16. The maximum Gasteiger partial charge on any atom is 0.228 e. The van der Waals surface area contributed by atoms with Crippen molar-refractivity contribution in [2.45, 2.75) is 72.1 Å². The number of fused-ring (bicyclic) bond motifs is 1. The number of anilines is 1. The molecule has 0 saturated heterocycles. The SMILES string of the molecule is CC(C)(C)C1CCc2c(sc(NC(=O)C3CCCCC3)c2C#N)C1. The van der Waals surface area contributed by atoms with Crippen molar-refractivity contribution in [3.63, 3.8) is 0 Å². The second-order valence-electron chi connectivity index (χ2n) is 8.45. The highest BCUT2D eigenvalue weighted by atomic mass is 32.1. The summed E-state index contributed by atoms with van der Waals surface area (Å²) in [6.45, 7) is 6.90. The number of rotatable bonds is 2. The van der Waals surface area contributed by atoms with E-state index in [1.165, 1.54) is 16.9 Å². The van der Waals surface area contributed by atoms with Gasteiger partial charge in [0.15, 0.2) is 0 Å². The van der Waals surface area contributed by atoms with E-state index in [9.17, 15) is 10.1 Å². The average Bonchev–Trinajstić information content (AvgIpc) is 2.90. The first-order valence-electron chi connectivity index (χ1n) is 9.25. The Hall–Kier alpha value is -1.34. The molecule has 1 saturated carbocycles. The third kappa shape index (κ3) is 3.52. The summed E-state index contributed by atoms with van der Waals surface area (Å²) in [4.78, 5) is 13.9. The summed E-state index contributed by atoms with van der Waals surface area (Å²) >= 11 is 1.64. The van der Waals surface area contributed by atoms with Crippen LogP contribution in [0.25, 0.3) is 0 Å². The molecule has 0 spiro atoms. The molecule has 0 radical (unpaired) electrons. The monoisotopic (exact) mass is 344 g/mol. The van der Waals surface area contributed by atoms with Crippen LogP contribution >= 0.6 is 11.3 Å². The summed E-state index contributed by atoms with van der Waals surface area (Å²) in [7, 11) is 0. The first-order valence-corrected chi connectivity index (χ1v) is 10.1. The zero-order chi connectivity index (χ0) is 17.3. The molecule has 1 fully saturated rings. The molecule has 2 aliphatic carbocycles. The molecule has 3 nitrogen and oxygen atoms in total. The van der Waals surface area contributed by atoms with Crippen LogP contribution in [0.15, 0.2) is 0 Å². The molecule has 1 amide bonds. The summed E-state index contributed by atoms with van der Waals surface area (Å²) in [5.74, 6) is 0.904. The fraction of sp³-hybridized carbons (Fsp3) is 0.700. The van der Waals surface area contributed by atoms with Gasteiger partial charge < -0.3 is 5.32 Å². The number of nitrogens with one attached hydrogen (secondary N) is 1. The van der Waals surface area contributed by atoms with E-state index in [1.807, 2.05) is 0 Å². The van der Waals surface area contributed by atoms with Crippen LogP contribution in [-0.4, -0.2) is 5.91 Å². The van der Waals surface area contributed by atoms with Crippen LogP contribution in [0.4, 0.5) is 5.00 Å². The van der Waals surface area contributed by atoms with Crippen LogP contribution in [0.2, 0.25) is 0 Å². The van der Waals surface area contributed by atoms with E-state index in [0.29, 0.717) is 11.3 Å². The van der Waals surface area contributed by atoms with E-state index >= 15 is 0 Å². The lowest BCUT2D eigenvalue weighted by Crippen LogP contribution is -2.26. The van der Waals surface area contributed by atoms with Gasteiger partial charge in [-0.3, -0.25) is 4.79 Å². The molecule has 1 N–H and O–H groups in total. The van der Waals surface area contributed by atoms with Gasteiger partial charge in [-0.15, -0.1) is 11.3 Å². The fourth-order valence-corrected chi connectivity index (χ4v) is 5.39. The summed E-state index contributed by atoms with van der Waals surface area (Å²) in [5, 5.41) is 13.5. The van der Waals surface area contributed by atoms with Gasteiger partial charge in [0, 0.05) is 10.8 Å². The van der Waals surface area contributed by atoms with Gasteiger partial charge in [-0.2, -0.15) is 5.26 Å². The first-order chi connectivity index (χ1) is 11.4. The first kappa shape index (κ1) is 17.5. The maximum atomic E-state index is 12.6. The lowest BCUT2D eigenvalue weighted by Gasteiger charge is -2.33. The highest BCUT2D eigenvalue weighted by Crippen LogP contribution is 2.44. The van der Waals surface area contributed by atoms with Crippen LogP contribution in [0, 0.1) is 28.6 Å². The lowest BCUT2D eigenvalue weighted by atomic mass is 9.72. The molecule has 0 bridgehead atoms. The van der Waals surface area contributed by atoms with Gasteiger partial charge in [0.25, 0.3) is 0 Å². The number of nitriles is 1. The van der Waals surface area contributed by atoms with Crippen LogP contribution in [0.1, 0.15) is 75.3 Å². The molecule has 1 atom stereocenters. The van der Waals surface area contributed by atoms with Gasteiger partial charge in [0.1, 0.15) is 11.1 Å². The van der Waals surface area contributed by atoms with E-state index in [0.717, 1.165) is 55.5 Å². The van der Waals surface area contributed by atoms with Gasteiger partial charge in [-0.05, 0) is 49.0 Å². The van der Waals surface area contributed by atoms with Gasteiger partial charge in [0.05, 0.1) is 5.56 Å². The van der Waals surface area contributed by atoms with Crippen LogP contribution in [-0.2, 0) is 17.6 Å². The summed E-state index contributed by atoms with van der Waals surface area (Å²) < 4.78 is 0. The van der Waals surface area contributed by atoms with E-state index in [2.05, 4.69) is 32.2 Å². The number of amides is 1. The van der Waals surface area contributed by atoms with Gasteiger partial charge in [-0.1, -0.05) is 40.0 Å².